The van der Waals surface area contributed by atoms with Crippen LogP contribution in [0.25, 0.3) is 0 Å². The summed E-state index contributed by atoms with van der Waals surface area (Å²) in [6.07, 6.45) is 26.6. The summed E-state index contributed by atoms with van der Waals surface area (Å²) in [5.74, 6) is 3.82. The number of unbranched alkanes of at least 4 members (excludes halogenated alkanes) is 3. The second-order valence-electron chi connectivity index (χ2n) is 12.8. The van der Waals surface area contributed by atoms with Crippen LogP contribution in [-0.2, 0) is 19.3 Å². The van der Waals surface area contributed by atoms with E-state index in [9.17, 15) is 0 Å². The van der Waals surface area contributed by atoms with Gasteiger partial charge in [-0.05, 0) is 97.3 Å². The number of hydrogen-bond acceptors (Lipinski definition) is 0. The van der Waals surface area contributed by atoms with Crippen LogP contribution in [0.15, 0.2) is 48.5 Å². The average molecular weight is 501 g/mol. The SMILES string of the molecule is CCCCCC1CCC(c2ccc(CCc3ccc(CCC4CCC(CCCC)CC4)cc3)cc2)CC1. The van der Waals surface area contributed by atoms with E-state index in [0.717, 1.165) is 36.5 Å². The molecular weight excluding hydrogens is 444 g/mol. The third-order valence-electron chi connectivity index (χ3n) is 10.0. The molecule has 37 heavy (non-hydrogen) atoms. The zero-order valence-electron chi connectivity index (χ0n) is 24.4. The van der Waals surface area contributed by atoms with Gasteiger partial charge in [0.05, 0.1) is 0 Å². The quantitative estimate of drug-likeness (QED) is 0.226. The van der Waals surface area contributed by atoms with Gasteiger partial charge in [0.2, 0.25) is 0 Å². The van der Waals surface area contributed by atoms with E-state index in [4.69, 9.17) is 0 Å². The molecule has 2 aromatic carbocycles. The molecule has 2 saturated carbocycles. The first-order valence-electron chi connectivity index (χ1n) is 16.4. The molecule has 0 bridgehead atoms. The molecule has 0 saturated heterocycles. The standard InChI is InChI=1S/C37H56/c1-3-5-7-9-31-22-26-36(27-23-31)37-28-24-35(25-29-37)21-20-34-18-16-33(17-19-34)15-14-32-12-10-30(11-13-32)8-6-4-2/h16-19,24-25,28-32,36H,3-15,20-23,26-27H2,1-2H3. The van der Waals surface area contributed by atoms with E-state index in [2.05, 4.69) is 62.4 Å². The first kappa shape index (κ1) is 28.4. The van der Waals surface area contributed by atoms with Crippen LogP contribution in [0.1, 0.15) is 145 Å². The van der Waals surface area contributed by atoms with E-state index in [-0.39, 0.29) is 0 Å². The van der Waals surface area contributed by atoms with Crippen LogP contribution >= 0.6 is 0 Å². The Bertz CT molecular complexity index is 844. The number of hydrogen-bond donors (Lipinski definition) is 0. The van der Waals surface area contributed by atoms with Crippen molar-refractivity contribution >= 4 is 0 Å². The number of benzene rings is 2. The Kier molecular flexibility index (Phi) is 12.1. The average Bonchev–Trinajstić information content (AvgIpc) is 2.96. The highest BCUT2D eigenvalue weighted by Gasteiger charge is 2.22. The van der Waals surface area contributed by atoms with Crippen molar-refractivity contribution in [3.63, 3.8) is 0 Å². The van der Waals surface area contributed by atoms with Crippen molar-refractivity contribution in [3.05, 3.63) is 70.8 Å². The minimum absolute atomic E-state index is 0.806. The second-order valence-corrected chi connectivity index (χ2v) is 12.8. The summed E-state index contributed by atoms with van der Waals surface area (Å²) in [6, 6.07) is 19.3. The highest BCUT2D eigenvalue weighted by Crippen LogP contribution is 2.38. The Morgan fingerprint density at radius 3 is 1.43 bits per heavy atom. The van der Waals surface area contributed by atoms with Crippen LogP contribution in [-0.4, -0.2) is 0 Å². The first-order valence-corrected chi connectivity index (χ1v) is 16.4. The fourth-order valence-corrected chi connectivity index (χ4v) is 7.26. The molecule has 0 aliphatic heterocycles. The molecule has 0 amide bonds. The van der Waals surface area contributed by atoms with Crippen LogP contribution in [0.4, 0.5) is 0 Å². The third-order valence-corrected chi connectivity index (χ3v) is 10.0. The van der Waals surface area contributed by atoms with Gasteiger partial charge in [-0.15, -0.1) is 0 Å². The largest absolute Gasteiger partial charge is 0.0654 e. The van der Waals surface area contributed by atoms with Crippen molar-refractivity contribution in [1.82, 2.24) is 0 Å². The zero-order chi connectivity index (χ0) is 25.7. The molecule has 2 aromatic rings. The van der Waals surface area contributed by atoms with Crippen molar-refractivity contribution in [2.45, 2.75) is 142 Å². The van der Waals surface area contributed by atoms with Gasteiger partial charge in [0.1, 0.15) is 0 Å². The maximum atomic E-state index is 2.44. The molecule has 2 aliphatic carbocycles. The van der Waals surface area contributed by atoms with Gasteiger partial charge in [0.15, 0.2) is 0 Å². The van der Waals surface area contributed by atoms with Crippen LogP contribution in [0.2, 0.25) is 0 Å². The van der Waals surface area contributed by atoms with Crippen molar-refractivity contribution in [2.75, 3.05) is 0 Å². The predicted octanol–water partition coefficient (Wildman–Crippen LogP) is 11.3. The molecular formula is C37H56. The Morgan fingerprint density at radius 1 is 0.459 bits per heavy atom. The van der Waals surface area contributed by atoms with Gasteiger partial charge in [-0.25, -0.2) is 0 Å². The molecule has 0 unspecified atom stereocenters. The van der Waals surface area contributed by atoms with E-state index in [1.165, 1.54) is 120 Å². The van der Waals surface area contributed by atoms with Gasteiger partial charge in [0.25, 0.3) is 0 Å². The first-order chi connectivity index (χ1) is 18.2. The number of aryl methyl sites for hydroxylation is 3. The van der Waals surface area contributed by atoms with Crippen LogP contribution in [0.5, 0.6) is 0 Å². The minimum atomic E-state index is 0.806. The summed E-state index contributed by atoms with van der Waals surface area (Å²) in [6.45, 7) is 4.65. The van der Waals surface area contributed by atoms with E-state index in [1.807, 2.05) is 0 Å². The van der Waals surface area contributed by atoms with Gasteiger partial charge in [-0.3, -0.25) is 0 Å². The molecule has 2 aliphatic rings. The molecule has 0 atom stereocenters. The van der Waals surface area contributed by atoms with Crippen molar-refractivity contribution in [2.24, 2.45) is 17.8 Å². The van der Waals surface area contributed by atoms with E-state index in [1.54, 1.807) is 11.1 Å². The Morgan fingerprint density at radius 2 is 0.892 bits per heavy atom. The maximum Gasteiger partial charge on any atom is -0.0162 e. The van der Waals surface area contributed by atoms with Gasteiger partial charge < -0.3 is 0 Å². The summed E-state index contributed by atoms with van der Waals surface area (Å²) < 4.78 is 0. The number of rotatable bonds is 14. The van der Waals surface area contributed by atoms with Crippen molar-refractivity contribution < 1.29 is 0 Å². The molecule has 0 heterocycles. The smallest absolute Gasteiger partial charge is 0.0162 e. The maximum absolute atomic E-state index is 2.44. The lowest BCUT2D eigenvalue weighted by atomic mass is 9.77. The molecule has 0 nitrogen and oxygen atoms in total. The molecule has 2 fully saturated rings. The lowest BCUT2D eigenvalue weighted by Crippen LogP contribution is -2.15. The highest BCUT2D eigenvalue weighted by molar-refractivity contribution is 5.28. The fourth-order valence-electron chi connectivity index (χ4n) is 7.26. The van der Waals surface area contributed by atoms with E-state index < -0.39 is 0 Å². The Hall–Kier alpha value is -1.56. The van der Waals surface area contributed by atoms with Crippen LogP contribution < -0.4 is 0 Å². The highest BCUT2D eigenvalue weighted by atomic mass is 14.3. The van der Waals surface area contributed by atoms with Crippen molar-refractivity contribution in [1.29, 1.82) is 0 Å². The monoisotopic (exact) mass is 500 g/mol. The Balaban J connectivity index is 1.13. The summed E-state index contributed by atoms with van der Waals surface area (Å²) in [5, 5.41) is 0. The van der Waals surface area contributed by atoms with Crippen LogP contribution in [0, 0.1) is 17.8 Å². The molecule has 0 N–H and O–H groups in total. The van der Waals surface area contributed by atoms with Crippen molar-refractivity contribution in [3.8, 4) is 0 Å². The predicted molar refractivity (Wildman–Crippen MR) is 162 cm³/mol. The molecule has 4 rings (SSSR count). The summed E-state index contributed by atoms with van der Waals surface area (Å²) >= 11 is 0. The van der Waals surface area contributed by atoms with E-state index >= 15 is 0 Å². The molecule has 204 valence electrons. The van der Waals surface area contributed by atoms with Crippen LogP contribution in [0.3, 0.4) is 0 Å². The van der Waals surface area contributed by atoms with Gasteiger partial charge >= 0.3 is 0 Å². The molecule has 0 heteroatoms. The summed E-state index contributed by atoms with van der Waals surface area (Å²) in [5.41, 5.74) is 6.12. The summed E-state index contributed by atoms with van der Waals surface area (Å²) in [7, 11) is 0. The van der Waals surface area contributed by atoms with Gasteiger partial charge in [-0.2, -0.15) is 0 Å². The molecule has 0 aromatic heterocycles. The topological polar surface area (TPSA) is 0 Å². The van der Waals surface area contributed by atoms with E-state index in [0.29, 0.717) is 0 Å². The minimum Gasteiger partial charge on any atom is -0.0654 e. The zero-order valence-corrected chi connectivity index (χ0v) is 24.4. The lowest BCUT2D eigenvalue weighted by molar-refractivity contribution is 0.250. The summed E-state index contributed by atoms with van der Waals surface area (Å²) in [4.78, 5) is 0. The Labute approximate surface area is 230 Å². The molecule has 0 radical (unpaired) electrons. The second kappa shape index (κ2) is 15.8. The third kappa shape index (κ3) is 9.60. The molecule has 0 spiro atoms. The van der Waals surface area contributed by atoms with Gasteiger partial charge in [-0.1, -0.05) is 133 Å². The lowest BCUT2D eigenvalue weighted by Gasteiger charge is -2.29. The normalized spacial score (nSPS) is 24.3. The van der Waals surface area contributed by atoms with Gasteiger partial charge in [0, 0.05) is 0 Å². The fraction of sp³-hybridized carbons (Fsp3) is 0.676.